The van der Waals surface area contributed by atoms with Crippen molar-refractivity contribution >= 4 is 0 Å². The molecule has 0 saturated carbocycles. The fourth-order valence-electron chi connectivity index (χ4n) is 3.38. The number of nitrogens with zero attached hydrogens (tertiary/aromatic N) is 3. The summed E-state index contributed by atoms with van der Waals surface area (Å²) in [6.07, 6.45) is -2.65. The molecule has 2 N–H and O–H groups in total. The van der Waals surface area contributed by atoms with Gasteiger partial charge in [-0.15, -0.1) is 0 Å². The van der Waals surface area contributed by atoms with E-state index in [0.29, 0.717) is 19.0 Å². The first-order valence-electron chi connectivity index (χ1n) is 8.95. The van der Waals surface area contributed by atoms with Gasteiger partial charge in [-0.3, -0.25) is 10.2 Å². The van der Waals surface area contributed by atoms with Gasteiger partial charge in [-0.25, -0.2) is 0 Å². The van der Waals surface area contributed by atoms with Gasteiger partial charge >= 0.3 is 6.18 Å². The second kappa shape index (κ2) is 9.70. The molecular formula is C19H24F3N5. The molecule has 27 heavy (non-hydrogen) atoms. The van der Waals surface area contributed by atoms with Crippen molar-refractivity contribution in [2.45, 2.75) is 31.7 Å². The molecule has 1 aliphatic heterocycles. The van der Waals surface area contributed by atoms with Crippen molar-refractivity contribution in [1.29, 1.82) is 10.5 Å². The predicted molar refractivity (Wildman–Crippen MR) is 95.0 cm³/mol. The highest BCUT2D eigenvalue weighted by molar-refractivity contribution is 5.24. The van der Waals surface area contributed by atoms with E-state index in [2.05, 4.69) is 15.5 Å². The Balaban J connectivity index is 1.87. The summed E-state index contributed by atoms with van der Waals surface area (Å²) in [7, 11) is 1.71. The average Bonchev–Trinajstić information content (AvgIpc) is 2.65. The van der Waals surface area contributed by atoms with Crippen LogP contribution in [0, 0.1) is 34.5 Å². The maximum Gasteiger partial charge on any atom is 0.416 e. The van der Waals surface area contributed by atoms with Crippen molar-refractivity contribution in [2.75, 3.05) is 26.7 Å². The third-order valence-corrected chi connectivity index (χ3v) is 4.84. The molecular weight excluding hydrogens is 355 g/mol. The SMILES string of the molecule is CNC(NCC1CCCN(Cc2ccc(C(F)(F)F)cc2)C1)C(C#N)C#N. The largest absolute Gasteiger partial charge is 0.416 e. The average molecular weight is 379 g/mol. The molecule has 5 nitrogen and oxygen atoms in total. The van der Waals surface area contributed by atoms with Gasteiger partial charge in [-0.2, -0.15) is 23.7 Å². The van der Waals surface area contributed by atoms with Crippen LogP contribution in [0.3, 0.4) is 0 Å². The lowest BCUT2D eigenvalue weighted by Gasteiger charge is -2.34. The minimum absolute atomic E-state index is 0.363. The molecule has 1 heterocycles. The highest BCUT2D eigenvalue weighted by Crippen LogP contribution is 2.29. The van der Waals surface area contributed by atoms with Gasteiger partial charge in [-0.1, -0.05) is 12.1 Å². The van der Waals surface area contributed by atoms with Crippen LogP contribution in [0.4, 0.5) is 13.2 Å². The van der Waals surface area contributed by atoms with Gasteiger partial charge in [0.2, 0.25) is 0 Å². The zero-order chi connectivity index (χ0) is 19.9. The summed E-state index contributed by atoms with van der Waals surface area (Å²) >= 11 is 0. The topological polar surface area (TPSA) is 74.9 Å². The Kier molecular flexibility index (Phi) is 7.61. The summed E-state index contributed by atoms with van der Waals surface area (Å²) in [4.78, 5) is 2.24. The molecule has 1 aromatic carbocycles. The molecule has 0 spiro atoms. The van der Waals surface area contributed by atoms with Gasteiger partial charge in [0.15, 0.2) is 5.92 Å². The maximum atomic E-state index is 12.7. The Morgan fingerprint density at radius 2 is 1.89 bits per heavy atom. The molecule has 2 atom stereocenters. The van der Waals surface area contributed by atoms with E-state index in [9.17, 15) is 13.2 Å². The van der Waals surface area contributed by atoms with E-state index >= 15 is 0 Å². The van der Waals surface area contributed by atoms with Crippen LogP contribution in [0.2, 0.25) is 0 Å². The molecule has 146 valence electrons. The van der Waals surface area contributed by atoms with Crippen LogP contribution in [-0.4, -0.2) is 37.7 Å². The zero-order valence-electron chi connectivity index (χ0n) is 15.3. The van der Waals surface area contributed by atoms with Gasteiger partial charge in [0.05, 0.1) is 23.9 Å². The molecule has 1 saturated heterocycles. The van der Waals surface area contributed by atoms with Crippen LogP contribution >= 0.6 is 0 Å². The lowest BCUT2D eigenvalue weighted by molar-refractivity contribution is -0.137. The summed E-state index contributed by atoms with van der Waals surface area (Å²) in [6.45, 7) is 3.03. The lowest BCUT2D eigenvalue weighted by Crippen LogP contribution is -2.49. The Bertz CT molecular complexity index is 661. The number of rotatable bonds is 7. The zero-order valence-corrected chi connectivity index (χ0v) is 15.3. The molecule has 1 aromatic rings. The standard InChI is InChI=1S/C19H24F3N5/c1-25-18(16(9-23)10-24)26-11-15-3-2-8-27(13-15)12-14-4-6-17(7-5-14)19(20,21)22/h4-7,15-16,18,25-26H,2-3,8,11-13H2,1H3. The van der Waals surface area contributed by atoms with Crippen LogP contribution in [0.5, 0.6) is 0 Å². The Morgan fingerprint density at radius 1 is 1.22 bits per heavy atom. The molecule has 1 aliphatic rings. The summed E-state index contributed by atoms with van der Waals surface area (Å²) < 4.78 is 38.0. The van der Waals surface area contributed by atoms with E-state index in [0.717, 1.165) is 43.6 Å². The first kappa shape index (κ1) is 21.2. The third-order valence-electron chi connectivity index (χ3n) is 4.84. The van der Waals surface area contributed by atoms with Crippen LogP contribution in [-0.2, 0) is 12.7 Å². The summed E-state index contributed by atoms with van der Waals surface area (Å²) in [5.74, 6) is -0.399. The first-order chi connectivity index (χ1) is 12.9. The molecule has 0 aliphatic carbocycles. The highest BCUT2D eigenvalue weighted by atomic mass is 19.4. The third kappa shape index (κ3) is 6.21. The van der Waals surface area contributed by atoms with Gasteiger partial charge < -0.3 is 5.32 Å². The fraction of sp³-hybridized carbons (Fsp3) is 0.579. The van der Waals surface area contributed by atoms with E-state index in [-0.39, 0.29) is 6.17 Å². The number of hydrogen-bond acceptors (Lipinski definition) is 5. The highest BCUT2D eigenvalue weighted by Gasteiger charge is 2.30. The molecule has 1 fully saturated rings. The molecule has 8 heteroatoms. The van der Waals surface area contributed by atoms with Gasteiger partial charge in [-0.05, 0) is 50.0 Å². The van der Waals surface area contributed by atoms with Crippen molar-refractivity contribution in [1.82, 2.24) is 15.5 Å². The van der Waals surface area contributed by atoms with E-state index in [1.165, 1.54) is 12.1 Å². The molecule has 0 aromatic heterocycles. The summed E-state index contributed by atoms with van der Waals surface area (Å²) in [5, 5.41) is 24.2. The first-order valence-corrected chi connectivity index (χ1v) is 8.95. The van der Waals surface area contributed by atoms with Gasteiger partial charge in [0.25, 0.3) is 0 Å². The van der Waals surface area contributed by atoms with Crippen molar-refractivity contribution in [3.05, 3.63) is 35.4 Å². The van der Waals surface area contributed by atoms with Crippen LogP contribution in [0.25, 0.3) is 0 Å². The van der Waals surface area contributed by atoms with E-state index < -0.39 is 17.7 Å². The van der Waals surface area contributed by atoms with Crippen LogP contribution in [0.15, 0.2) is 24.3 Å². The van der Waals surface area contributed by atoms with Crippen molar-refractivity contribution in [3.8, 4) is 12.1 Å². The second-order valence-electron chi connectivity index (χ2n) is 6.85. The number of alkyl halides is 3. The van der Waals surface area contributed by atoms with E-state index in [4.69, 9.17) is 10.5 Å². The quantitative estimate of drug-likeness (QED) is 0.713. The number of nitriles is 2. The van der Waals surface area contributed by atoms with Gasteiger partial charge in [0.1, 0.15) is 0 Å². The lowest BCUT2D eigenvalue weighted by atomic mass is 9.97. The molecule has 0 amide bonds. The summed E-state index contributed by atoms with van der Waals surface area (Å²) in [6, 6.07) is 9.26. The normalized spacial score (nSPS) is 19.4. The maximum absolute atomic E-state index is 12.7. The van der Waals surface area contributed by atoms with Crippen molar-refractivity contribution in [2.24, 2.45) is 11.8 Å². The number of nitrogens with one attached hydrogen (secondary N) is 2. The Morgan fingerprint density at radius 3 is 2.44 bits per heavy atom. The minimum Gasteiger partial charge on any atom is -0.303 e. The number of benzene rings is 1. The molecule has 0 bridgehead atoms. The number of piperidine rings is 1. The number of hydrogen-bond donors (Lipinski definition) is 2. The molecule has 0 radical (unpaired) electrons. The Hall–Kier alpha value is -2.13. The smallest absolute Gasteiger partial charge is 0.303 e. The monoisotopic (exact) mass is 379 g/mol. The molecule has 2 rings (SSSR count). The van der Waals surface area contributed by atoms with E-state index in [1.807, 2.05) is 12.1 Å². The number of halogens is 3. The predicted octanol–water partition coefficient (Wildman–Crippen LogP) is 2.72. The fourth-order valence-corrected chi connectivity index (χ4v) is 3.38. The van der Waals surface area contributed by atoms with Gasteiger partial charge in [0, 0.05) is 19.6 Å². The van der Waals surface area contributed by atoms with Crippen LogP contribution < -0.4 is 10.6 Å². The van der Waals surface area contributed by atoms with Crippen molar-refractivity contribution in [3.63, 3.8) is 0 Å². The van der Waals surface area contributed by atoms with E-state index in [1.54, 1.807) is 7.05 Å². The second-order valence-corrected chi connectivity index (χ2v) is 6.85. The summed E-state index contributed by atoms with van der Waals surface area (Å²) in [5.41, 5.74) is 0.230. The number of likely N-dealkylation sites (tertiary alicyclic amines) is 1. The molecule has 2 unspecified atom stereocenters. The van der Waals surface area contributed by atoms with Crippen LogP contribution in [0.1, 0.15) is 24.0 Å². The van der Waals surface area contributed by atoms with Crippen molar-refractivity contribution < 1.29 is 13.2 Å². The minimum atomic E-state index is -4.31. The Labute approximate surface area is 157 Å².